The van der Waals surface area contributed by atoms with Gasteiger partial charge in [0.1, 0.15) is 6.04 Å². The van der Waals surface area contributed by atoms with Crippen LogP contribution in [0.4, 0.5) is 0 Å². The quantitative estimate of drug-likeness (QED) is 0.657. The van der Waals surface area contributed by atoms with E-state index in [1.165, 1.54) is 6.42 Å². The molecule has 0 saturated carbocycles. The second kappa shape index (κ2) is 7.29. The summed E-state index contributed by atoms with van der Waals surface area (Å²) in [5, 5.41) is 9.40. The van der Waals surface area contributed by atoms with Crippen LogP contribution in [0.15, 0.2) is 18.2 Å². The zero-order valence-corrected chi connectivity index (χ0v) is 16.5. The molecule has 28 heavy (non-hydrogen) atoms. The lowest BCUT2D eigenvalue weighted by Gasteiger charge is -2.32. The van der Waals surface area contributed by atoms with E-state index in [2.05, 4.69) is 35.9 Å². The summed E-state index contributed by atoms with van der Waals surface area (Å²) in [6.45, 7) is 7.68. The first-order chi connectivity index (χ1) is 13.3. The molecule has 3 N–H and O–H groups in total. The van der Waals surface area contributed by atoms with Crippen LogP contribution in [0.1, 0.15) is 54.6 Å². The fraction of sp³-hybridized carbons (Fsp3) is 0.571. The number of benzene rings is 1. The van der Waals surface area contributed by atoms with Gasteiger partial charge in [-0.1, -0.05) is 12.1 Å². The van der Waals surface area contributed by atoms with Crippen LogP contribution in [0.5, 0.6) is 0 Å². The largest absolute Gasteiger partial charge is 0.322 e. The van der Waals surface area contributed by atoms with E-state index in [9.17, 15) is 14.4 Å². The van der Waals surface area contributed by atoms with Crippen molar-refractivity contribution in [2.24, 2.45) is 5.92 Å². The number of imide groups is 1. The zero-order chi connectivity index (χ0) is 19.9. The maximum Gasteiger partial charge on any atom is 0.255 e. The number of rotatable bonds is 5. The molecule has 3 aliphatic heterocycles. The van der Waals surface area contributed by atoms with Crippen LogP contribution < -0.4 is 16.0 Å². The number of hydrogen-bond acceptors (Lipinski definition) is 5. The summed E-state index contributed by atoms with van der Waals surface area (Å²) in [5.41, 5.74) is 2.70. The molecular formula is C21H28N4O3. The first-order valence-electron chi connectivity index (χ1n) is 10.1. The number of fused-ring (bicyclic) bond motifs is 1. The van der Waals surface area contributed by atoms with Crippen molar-refractivity contribution in [3.63, 3.8) is 0 Å². The molecule has 4 rings (SSSR count). The van der Waals surface area contributed by atoms with Crippen LogP contribution >= 0.6 is 0 Å². The highest BCUT2D eigenvalue weighted by Gasteiger charge is 2.39. The summed E-state index contributed by atoms with van der Waals surface area (Å²) < 4.78 is 0. The zero-order valence-electron chi connectivity index (χ0n) is 16.5. The second-order valence-electron chi connectivity index (χ2n) is 8.66. The van der Waals surface area contributed by atoms with E-state index in [1.807, 2.05) is 12.1 Å². The van der Waals surface area contributed by atoms with E-state index in [1.54, 1.807) is 4.90 Å². The molecule has 0 spiro atoms. The Hall–Kier alpha value is -2.25. The highest BCUT2D eigenvalue weighted by Crippen LogP contribution is 2.29. The van der Waals surface area contributed by atoms with Crippen LogP contribution in [0.2, 0.25) is 0 Å². The Bertz CT molecular complexity index is 814. The van der Waals surface area contributed by atoms with Gasteiger partial charge in [-0.15, -0.1) is 0 Å². The Morgan fingerprint density at radius 2 is 2.04 bits per heavy atom. The smallest absolute Gasteiger partial charge is 0.255 e. The van der Waals surface area contributed by atoms with E-state index >= 15 is 0 Å². The minimum Gasteiger partial charge on any atom is -0.322 e. The Kier molecular flexibility index (Phi) is 4.97. The van der Waals surface area contributed by atoms with Crippen molar-refractivity contribution in [3.8, 4) is 0 Å². The molecule has 3 amide bonds. The summed E-state index contributed by atoms with van der Waals surface area (Å²) in [6, 6.07) is 5.42. The van der Waals surface area contributed by atoms with Crippen molar-refractivity contribution in [3.05, 3.63) is 34.9 Å². The van der Waals surface area contributed by atoms with Crippen molar-refractivity contribution in [1.29, 1.82) is 0 Å². The third-order valence-electron chi connectivity index (χ3n) is 6.42. The fourth-order valence-corrected chi connectivity index (χ4v) is 4.46. The predicted octanol–water partition coefficient (Wildman–Crippen LogP) is 0.925. The molecule has 2 unspecified atom stereocenters. The molecule has 1 aromatic rings. The number of carbonyl (C=O) groups is 3. The maximum absolute atomic E-state index is 12.9. The molecule has 3 aliphatic rings. The molecule has 2 saturated heterocycles. The SMILES string of the molecule is CC(C)(NCc1ccc2c(c1)C(=O)N(C1CCC(=O)NC1=O)C2)C1CCNC1. The molecule has 7 heteroatoms. The predicted molar refractivity (Wildman–Crippen MR) is 104 cm³/mol. The van der Waals surface area contributed by atoms with Crippen molar-refractivity contribution in [2.75, 3.05) is 13.1 Å². The Morgan fingerprint density at radius 3 is 2.75 bits per heavy atom. The Morgan fingerprint density at radius 1 is 1.21 bits per heavy atom. The molecule has 0 aliphatic carbocycles. The van der Waals surface area contributed by atoms with Crippen molar-refractivity contribution < 1.29 is 14.4 Å². The second-order valence-corrected chi connectivity index (χ2v) is 8.66. The molecule has 2 fully saturated rings. The first kappa shape index (κ1) is 19.1. The molecule has 0 aromatic heterocycles. The molecule has 2 atom stereocenters. The monoisotopic (exact) mass is 384 g/mol. The van der Waals surface area contributed by atoms with Gasteiger partial charge in [0.2, 0.25) is 11.8 Å². The van der Waals surface area contributed by atoms with E-state index in [0.717, 1.165) is 24.2 Å². The van der Waals surface area contributed by atoms with Gasteiger partial charge in [0.05, 0.1) is 0 Å². The van der Waals surface area contributed by atoms with E-state index < -0.39 is 6.04 Å². The number of hydrogen-bond donors (Lipinski definition) is 3. The lowest BCUT2D eigenvalue weighted by Crippen LogP contribution is -2.52. The topological polar surface area (TPSA) is 90.5 Å². The summed E-state index contributed by atoms with van der Waals surface area (Å²) in [7, 11) is 0. The number of piperidine rings is 1. The standard InChI is InChI=1S/C21H28N4O3/c1-21(2,15-7-8-22-11-15)23-10-13-3-4-14-12-25(20(28)16(14)9-13)17-5-6-18(26)24-19(17)27/h3-4,9,15,17,22-23H,5-8,10-12H2,1-2H3,(H,24,26,27). The fourth-order valence-electron chi connectivity index (χ4n) is 4.46. The Balaban J connectivity index is 1.44. The lowest BCUT2D eigenvalue weighted by molar-refractivity contribution is -0.136. The number of nitrogens with zero attached hydrogens (tertiary/aromatic N) is 1. The summed E-state index contributed by atoms with van der Waals surface area (Å²) in [6.07, 6.45) is 1.84. The van der Waals surface area contributed by atoms with Crippen LogP contribution in [0, 0.1) is 5.92 Å². The van der Waals surface area contributed by atoms with Crippen LogP contribution in [0.3, 0.4) is 0 Å². The third-order valence-corrected chi connectivity index (χ3v) is 6.42. The van der Waals surface area contributed by atoms with Gasteiger partial charge in [0, 0.05) is 30.6 Å². The van der Waals surface area contributed by atoms with Crippen LogP contribution in [-0.4, -0.2) is 47.3 Å². The van der Waals surface area contributed by atoms with Gasteiger partial charge in [0.25, 0.3) is 5.91 Å². The molecule has 7 nitrogen and oxygen atoms in total. The van der Waals surface area contributed by atoms with Gasteiger partial charge < -0.3 is 15.5 Å². The minimum absolute atomic E-state index is 0.0191. The van der Waals surface area contributed by atoms with Gasteiger partial charge in [-0.2, -0.15) is 0 Å². The summed E-state index contributed by atoms with van der Waals surface area (Å²) >= 11 is 0. The maximum atomic E-state index is 12.9. The summed E-state index contributed by atoms with van der Waals surface area (Å²) in [5.74, 6) is -0.165. The van der Waals surface area contributed by atoms with Crippen LogP contribution in [-0.2, 0) is 22.7 Å². The molecule has 3 heterocycles. The van der Waals surface area contributed by atoms with Crippen LogP contribution in [0.25, 0.3) is 0 Å². The molecule has 0 bridgehead atoms. The minimum atomic E-state index is -0.562. The average Bonchev–Trinajstić information content (AvgIpc) is 3.30. The van der Waals surface area contributed by atoms with E-state index in [0.29, 0.717) is 31.0 Å². The normalized spacial score (nSPS) is 25.2. The van der Waals surface area contributed by atoms with Gasteiger partial charge in [0.15, 0.2) is 0 Å². The highest BCUT2D eigenvalue weighted by atomic mass is 16.2. The number of nitrogens with one attached hydrogen (secondary N) is 3. The lowest BCUT2D eigenvalue weighted by atomic mass is 9.86. The number of amides is 3. The third kappa shape index (κ3) is 3.56. The van der Waals surface area contributed by atoms with Gasteiger partial charge in [-0.05, 0) is 62.9 Å². The highest BCUT2D eigenvalue weighted by molar-refractivity contribution is 6.05. The van der Waals surface area contributed by atoms with Gasteiger partial charge in [-0.25, -0.2) is 0 Å². The van der Waals surface area contributed by atoms with Gasteiger partial charge in [-0.3, -0.25) is 19.7 Å². The van der Waals surface area contributed by atoms with Crippen molar-refractivity contribution in [2.45, 2.75) is 57.8 Å². The Labute approximate surface area is 165 Å². The van der Waals surface area contributed by atoms with E-state index in [-0.39, 0.29) is 29.7 Å². The van der Waals surface area contributed by atoms with Gasteiger partial charge >= 0.3 is 0 Å². The molecular weight excluding hydrogens is 356 g/mol. The molecule has 1 aromatic carbocycles. The average molecular weight is 384 g/mol. The summed E-state index contributed by atoms with van der Waals surface area (Å²) in [4.78, 5) is 38.0. The van der Waals surface area contributed by atoms with Crippen molar-refractivity contribution >= 4 is 17.7 Å². The molecule has 0 radical (unpaired) electrons. The first-order valence-corrected chi connectivity index (χ1v) is 10.1. The van der Waals surface area contributed by atoms with Crippen molar-refractivity contribution in [1.82, 2.24) is 20.9 Å². The van der Waals surface area contributed by atoms with E-state index in [4.69, 9.17) is 0 Å². The number of carbonyl (C=O) groups excluding carboxylic acids is 3. The molecule has 150 valence electrons.